The molecule has 0 bridgehead atoms. The monoisotopic (exact) mass is 338 g/mol. The molecule has 0 unspecified atom stereocenters. The Labute approximate surface area is 143 Å². The molecular formula is C22H10S2. The molecule has 0 atom stereocenters. The second kappa shape index (κ2) is 3.80. The fourth-order valence-corrected chi connectivity index (χ4v) is 6.73. The number of benzene rings is 3. The van der Waals surface area contributed by atoms with Gasteiger partial charge in [-0.25, -0.2) is 0 Å². The standard InChI is InChI=1S/C22H10S2/c1-2-4-17-13(3-1)20-14-6-5-11-12-9-10-23-21(12)15-7-8-16(22(20)24-17)19(14)18(11)15/h1-10H. The molecule has 0 amide bonds. The third kappa shape index (κ3) is 1.15. The molecule has 3 aromatic carbocycles. The quantitative estimate of drug-likeness (QED) is 0.323. The van der Waals surface area contributed by atoms with Crippen molar-refractivity contribution in [3.05, 3.63) is 100 Å². The van der Waals surface area contributed by atoms with Crippen molar-refractivity contribution < 1.29 is 0 Å². The number of hydrogen-bond donors (Lipinski definition) is 0. The minimum atomic E-state index is 1.39. The second-order valence-electron chi connectivity index (χ2n) is 6.54. The van der Waals surface area contributed by atoms with Crippen molar-refractivity contribution in [2.75, 3.05) is 0 Å². The molecule has 7 rings (SSSR count). The van der Waals surface area contributed by atoms with E-state index in [4.69, 9.17) is 0 Å². The molecule has 0 nitrogen and oxygen atoms in total. The van der Waals surface area contributed by atoms with Crippen molar-refractivity contribution in [2.24, 2.45) is 0 Å². The van der Waals surface area contributed by atoms with Gasteiger partial charge in [0.15, 0.2) is 0 Å². The van der Waals surface area contributed by atoms with Gasteiger partial charge in [-0.1, -0.05) is 42.5 Å². The molecule has 2 aromatic heterocycles. The first-order valence-electron chi connectivity index (χ1n) is 8.12. The first-order valence-corrected chi connectivity index (χ1v) is 9.81. The van der Waals surface area contributed by atoms with Gasteiger partial charge in [0.1, 0.15) is 0 Å². The van der Waals surface area contributed by atoms with Gasteiger partial charge in [0.2, 0.25) is 0 Å². The Kier molecular flexibility index (Phi) is 1.90. The number of thiophene rings is 2. The molecule has 24 heavy (non-hydrogen) atoms. The topological polar surface area (TPSA) is 0 Å². The molecule has 0 fully saturated rings. The maximum absolute atomic E-state index is 2.35. The summed E-state index contributed by atoms with van der Waals surface area (Å²) in [6, 6.07) is 20.5. The van der Waals surface area contributed by atoms with Gasteiger partial charge < -0.3 is 0 Å². The van der Waals surface area contributed by atoms with Crippen LogP contribution in [0.4, 0.5) is 0 Å². The van der Waals surface area contributed by atoms with Crippen molar-refractivity contribution in [2.45, 2.75) is 0 Å². The van der Waals surface area contributed by atoms with E-state index in [9.17, 15) is 0 Å². The Morgan fingerprint density at radius 2 is 1.33 bits per heavy atom. The van der Waals surface area contributed by atoms with Crippen LogP contribution in [0, 0.1) is 40.4 Å². The highest BCUT2D eigenvalue weighted by atomic mass is 32.1. The Morgan fingerprint density at radius 3 is 2.29 bits per heavy atom. The van der Waals surface area contributed by atoms with Crippen molar-refractivity contribution >= 4 is 43.5 Å². The SMILES string of the molecule is c1ccc2c3c(sc2c1)=c1ccc2c4c(ccc=3c14)=c1ccsc1=2. The van der Waals surface area contributed by atoms with Gasteiger partial charge in [0.05, 0.1) is 0 Å². The average molecular weight is 338 g/mol. The molecule has 5 aromatic rings. The molecule has 2 aliphatic carbocycles. The Bertz CT molecular complexity index is 1720. The molecule has 0 saturated heterocycles. The first-order chi connectivity index (χ1) is 11.9. The van der Waals surface area contributed by atoms with E-state index < -0.39 is 0 Å². The predicted octanol–water partition coefficient (Wildman–Crippen LogP) is 5.89. The molecule has 0 spiro atoms. The van der Waals surface area contributed by atoms with Crippen LogP contribution >= 0.6 is 22.7 Å². The summed E-state index contributed by atoms with van der Waals surface area (Å²) < 4.78 is 4.28. The number of fused-ring (bicyclic) bond motifs is 4. The van der Waals surface area contributed by atoms with Gasteiger partial charge in [-0.3, -0.25) is 0 Å². The van der Waals surface area contributed by atoms with Crippen molar-refractivity contribution in [3.8, 4) is 0 Å². The van der Waals surface area contributed by atoms with E-state index in [0.717, 1.165) is 0 Å². The smallest absolute Gasteiger partial charge is 0.0440 e. The fraction of sp³-hybridized carbons (Fsp3) is 0. The van der Waals surface area contributed by atoms with E-state index >= 15 is 0 Å². The summed E-state index contributed by atoms with van der Waals surface area (Å²) in [5, 5.41) is 15.1. The van der Waals surface area contributed by atoms with Crippen molar-refractivity contribution in [1.82, 2.24) is 0 Å². The lowest BCUT2D eigenvalue weighted by Gasteiger charge is -1.98. The Morgan fingerprint density at radius 1 is 0.583 bits per heavy atom. The minimum Gasteiger partial charge on any atom is -0.143 e. The lowest BCUT2D eigenvalue weighted by molar-refractivity contribution is 1.58. The summed E-state index contributed by atoms with van der Waals surface area (Å²) >= 11 is 3.80. The summed E-state index contributed by atoms with van der Waals surface area (Å²) in [5.41, 5.74) is 0. The summed E-state index contributed by atoms with van der Waals surface area (Å²) in [6.45, 7) is 0. The van der Waals surface area contributed by atoms with E-state index in [1.54, 1.807) is 0 Å². The lowest BCUT2D eigenvalue weighted by atomic mass is 10.1. The predicted molar refractivity (Wildman–Crippen MR) is 101 cm³/mol. The van der Waals surface area contributed by atoms with E-state index in [0.29, 0.717) is 0 Å². The molecule has 2 heteroatoms. The average Bonchev–Trinajstić information content (AvgIpc) is 3.33. The molecule has 110 valence electrons. The van der Waals surface area contributed by atoms with Gasteiger partial charge >= 0.3 is 0 Å². The van der Waals surface area contributed by atoms with Crippen LogP contribution in [0.2, 0.25) is 0 Å². The third-order valence-electron chi connectivity index (χ3n) is 5.47. The van der Waals surface area contributed by atoms with Crippen LogP contribution in [-0.2, 0) is 0 Å². The highest BCUT2D eigenvalue weighted by Crippen LogP contribution is 2.35. The van der Waals surface area contributed by atoms with Gasteiger partial charge in [-0.2, -0.15) is 0 Å². The number of rotatable bonds is 0. The maximum Gasteiger partial charge on any atom is 0.0440 e. The van der Waals surface area contributed by atoms with E-state index in [-0.39, 0.29) is 0 Å². The van der Waals surface area contributed by atoms with Crippen LogP contribution in [-0.4, -0.2) is 0 Å². The van der Waals surface area contributed by atoms with E-state index in [1.165, 1.54) is 61.2 Å². The number of hydrogen-bond acceptors (Lipinski definition) is 2. The van der Waals surface area contributed by atoms with Crippen LogP contribution in [0.1, 0.15) is 0 Å². The molecule has 0 saturated carbocycles. The van der Waals surface area contributed by atoms with Crippen LogP contribution in [0.5, 0.6) is 0 Å². The van der Waals surface area contributed by atoms with Crippen LogP contribution < -0.4 is 0 Å². The van der Waals surface area contributed by atoms with Gasteiger partial charge in [-0.05, 0) is 38.7 Å². The van der Waals surface area contributed by atoms with Gasteiger partial charge in [0, 0.05) is 40.0 Å². The highest BCUT2D eigenvalue weighted by molar-refractivity contribution is 7.17. The summed E-state index contributed by atoms with van der Waals surface area (Å²) in [6.07, 6.45) is 0. The molecule has 2 aliphatic rings. The molecule has 0 N–H and O–H groups in total. The summed E-state index contributed by atoms with van der Waals surface area (Å²) in [7, 11) is 0. The molecular weight excluding hydrogens is 328 g/mol. The summed E-state index contributed by atoms with van der Waals surface area (Å²) in [5.74, 6) is 0. The third-order valence-corrected chi connectivity index (χ3v) is 7.62. The zero-order chi connectivity index (χ0) is 15.4. The highest BCUT2D eigenvalue weighted by Gasteiger charge is 2.15. The van der Waals surface area contributed by atoms with Crippen LogP contribution in [0.3, 0.4) is 0 Å². The van der Waals surface area contributed by atoms with Crippen LogP contribution in [0.25, 0.3) is 20.9 Å². The van der Waals surface area contributed by atoms with Crippen LogP contribution in [0.15, 0.2) is 60.0 Å². The molecule has 0 aliphatic heterocycles. The van der Waals surface area contributed by atoms with E-state index in [1.807, 2.05) is 22.7 Å². The maximum atomic E-state index is 2.35. The van der Waals surface area contributed by atoms with Crippen molar-refractivity contribution in [3.63, 3.8) is 0 Å². The second-order valence-corrected chi connectivity index (χ2v) is 8.51. The van der Waals surface area contributed by atoms with E-state index in [2.05, 4.69) is 60.0 Å². The Hall–Kier alpha value is -2.42. The fourth-order valence-electron chi connectivity index (χ4n) is 4.54. The summed E-state index contributed by atoms with van der Waals surface area (Å²) in [4.78, 5) is 0. The Balaban J connectivity index is 2.01. The zero-order valence-electron chi connectivity index (χ0n) is 12.6. The van der Waals surface area contributed by atoms with Gasteiger partial charge in [-0.15, -0.1) is 22.7 Å². The lowest BCUT2D eigenvalue weighted by Crippen LogP contribution is -1.79. The molecule has 0 radical (unpaired) electrons. The zero-order valence-corrected chi connectivity index (χ0v) is 14.2. The minimum absolute atomic E-state index is 1.39. The van der Waals surface area contributed by atoms with Crippen molar-refractivity contribution in [1.29, 1.82) is 0 Å². The first kappa shape index (κ1) is 12.0. The molecule has 2 heterocycles. The largest absolute Gasteiger partial charge is 0.143 e. The normalized spacial score (nSPS) is 13.0. The van der Waals surface area contributed by atoms with Gasteiger partial charge in [0.25, 0.3) is 0 Å².